The Morgan fingerprint density at radius 3 is 2.12 bits per heavy atom. The highest BCUT2D eigenvalue weighted by Gasteiger charge is 2.29. The summed E-state index contributed by atoms with van der Waals surface area (Å²) in [6.07, 6.45) is 6.98. The van der Waals surface area contributed by atoms with Gasteiger partial charge in [-0.25, -0.2) is 9.78 Å². The van der Waals surface area contributed by atoms with E-state index < -0.39 is 5.97 Å². The normalized spacial score (nSPS) is 16.8. The van der Waals surface area contributed by atoms with Crippen LogP contribution in [0.15, 0.2) is 36.5 Å². The second-order valence-electron chi connectivity index (χ2n) is 6.86. The van der Waals surface area contributed by atoms with E-state index in [-0.39, 0.29) is 0 Å². The Hall–Kier alpha value is -2.36. The number of carbonyl (C=O) groups excluding carboxylic acids is 1. The molecule has 2 aromatic rings. The first-order chi connectivity index (χ1) is 11.7. The smallest absolute Gasteiger partial charge is 0.356 e. The number of rotatable bonds is 5. The lowest BCUT2D eigenvalue weighted by Gasteiger charge is -2.21. The van der Waals surface area contributed by atoms with Crippen LogP contribution in [-0.4, -0.2) is 25.1 Å². The SMILES string of the molecule is COC(=O)c1ccc(N(C)c2cc(C3CC3)cc(C3CC3)c2)cn1. The molecule has 0 spiro atoms. The van der Waals surface area contributed by atoms with Gasteiger partial charge in [-0.3, -0.25) is 0 Å². The van der Waals surface area contributed by atoms with Gasteiger partial charge in [0.05, 0.1) is 19.0 Å². The molecule has 124 valence electrons. The van der Waals surface area contributed by atoms with Gasteiger partial charge in [-0.1, -0.05) is 6.07 Å². The lowest BCUT2D eigenvalue weighted by Crippen LogP contribution is -2.12. The molecule has 0 N–H and O–H groups in total. The number of nitrogens with zero attached hydrogens (tertiary/aromatic N) is 2. The standard InChI is InChI=1S/C20H22N2O2/c1-22(17-7-8-19(21-12-17)20(23)24-2)18-10-15(13-3-4-13)9-16(11-18)14-5-6-14/h7-14H,3-6H2,1-2H3. The summed E-state index contributed by atoms with van der Waals surface area (Å²) < 4.78 is 4.70. The Kier molecular flexibility index (Phi) is 3.75. The average molecular weight is 322 g/mol. The maximum absolute atomic E-state index is 11.5. The van der Waals surface area contributed by atoms with E-state index in [1.807, 2.05) is 6.07 Å². The molecule has 0 amide bonds. The van der Waals surface area contributed by atoms with Gasteiger partial charge in [-0.15, -0.1) is 0 Å². The highest BCUT2D eigenvalue weighted by molar-refractivity contribution is 5.87. The van der Waals surface area contributed by atoms with E-state index in [9.17, 15) is 4.79 Å². The van der Waals surface area contributed by atoms with Crippen molar-refractivity contribution in [2.45, 2.75) is 37.5 Å². The van der Waals surface area contributed by atoms with Crippen LogP contribution in [0.2, 0.25) is 0 Å². The number of pyridine rings is 1. The van der Waals surface area contributed by atoms with Crippen LogP contribution in [0.4, 0.5) is 11.4 Å². The average Bonchev–Trinajstić information content (AvgIpc) is 3.52. The highest BCUT2D eigenvalue weighted by atomic mass is 16.5. The number of methoxy groups -OCH3 is 1. The minimum atomic E-state index is -0.407. The number of esters is 1. The fourth-order valence-corrected chi connectivity index (χ4v) is 3.12. The molecule has 2 aliphatic carbocycles. The Morgan fingerprint density at radius 2 is 1.67 bits per heavy atom. The number of hydrogen-bond donors (Lipinski definition) is 0. The van der Waals surface area contributed by atoms with Crippen LogP contribution in [0.3, 0.4) is 0 Å². The molecule has 1 aromatic heterocycles. The summed E-state index contributed by atoms with van der Waals surface area (Å²) in [6, 6.07) is 10.6. The molecule has 1 aromatic carbocycles. The van der Waals surface area contributed by atoms with Crippen LogP contribution in [0.5, 0.6) is 0 Å². The summed E-state index contributed by atoms with van der Waals surface area (Å²) >= 11 is 0. The van der Waals surface area contributed by atoms with E-state index in [4.69, 9.17) is 4.74 Å². The third-order valence-electron chi connectivity index (χ3n) is 4.98. The van der Waals surface area contributed by atoms with E-state index in [0.717, 1.165) is 17.5 Å². The maximum atomic E-state index is 11.5. The zero-order valence-corrected chi connectivity index (χ0v) is 14.2. The molecule has 24 heavy (non-hydrogen) atoms. The second-order valence-corrected chi connectivity index (χ2v) is 6.86. The fraction of sp³-hybridized carbons (Fsp3) is 0.400. The molecule has 0 bridgehead atoms. The lowest BCUT2D eigenvalue weighted by molar-refractivity contribution is 0.0594. The Balaban J connectivity index is 1.63. The predicted octanol–water partition coefficient (Wildman–Crippen LogP) is 4.39. The topological polar surface area (TPSA) is 42.4 Å². The zero-order valence-electron chi connectivity index (χ0n) is 14.2. The molecule has 0 saturated heterocycles. The number of hydrogen-bond acceptors (Lipinski definition) is 4. The Bertz CT molecular complexity index is 731. The van der Waals surface area contributed by atoms with Crippen LogP contribution in [-0.2, 0) is 4.74 Å². The molecule has 4 nitrogen and oxygen atoms in total. The summed E-state index contributed by atoms with van der Waals surface area (Å²) in [5, 5.41) is 0. The number of anilines is 2. The summed E-state index contributed by atoms with van der Waals surface area (Å²) in [5.74, 6) is 1.09. The molecular weight excluding hydrogens is 300 g/mol. The molecule has 4 rings (SSSR count). The largest absolute Gasteiger partial charge is 0.464 e. The first-order valence-electron chi connectivity index (χ1n) is 8.58. The van der Waals surface area contributed by atoms with Crippen molar-refractivity contribution >= 4 is 17.3 Å². The minimum Gasteiger partial charge on any atom is -0.464 e. The van der Waals surface area contributed by atoms with Crippen molar-refractivity contribution in [1.29, 1.82) is 0 Å². The number of benzene rings is 1. The van der Waals surface area contributed by atoms with Crippen molar-refractivity contribution in [1.82, 2.24) is 4.98 Å². The molecule has 0 radical (unpaired) electrons. The maximum Gasteiger partial charge on any atom is 0.356 e. The summed E-state index contributed by atoms with van der Waals surface area (Å²) in [4.78, 5) is 17.9. The van der Waals surface area contributed by atoms with Crippen molar-refractivity contribution in [3.05, 3.63) is 53.3 Å². The van der Waals surface area contributed by atoms with Gasteiger partial charge < -0.3 is 9.64 Å². The van der Waals surface area contributed by atoms with Crippen LogP contribution in [0.1, 0.15) is 59.1 Å². The number of ether oxygens (including phenoxy) is 1. The van der Waals surface area contributed by atoms with E-state index in [1.165, 1.54) is 49.6 Å². The Morgan fingerprint density at radius 1 is 1.04 bits per heavy atom. The van der Waals surface area contributed by atoms with Gasteiger partial charge in [-0.2, -0.15) is 0 Å². The third kappa shape index (κ3) is 3.01. The van der Waals surface area contributed by atoms with Gasteiger partial charge in [0.1, 0.15) is 5.69 Å². The van der Waals surface area contributed by atoms with Crippen LogP contribution in [0.25, 0.3) is 0 Å². The first kappa shape index (κ1) is 15.2. The summed E-state index contributed by atoms with van der Waals surface area (Å²) in [5.41, 5.74) is 5.45. The first-order valence-corrected chi connectivity index (χ1v) is 8.58. The van der Waals surface area contributed by atoms with Gasteiger partial charge in [0.2, 0.25) is 0 Å². The van der Waals surface area contributed by atoms with Gasteiger partial charge in [0.15, 0.2) is 0 Å². The molecule has 0 atom stereocenters. The van der Waals surface area contributed by atoms with Gasteiger partial charge in [-0.05, 0) is 72.9 Å². The molecule has 0 unspecified atom stereocenters. The quantitative estimate of drug-likeness (QED) is 0.766. The Labute approximate surface area is 142 Å². The van der Waals surface area contributed by atoms with Gasteiger partial charge in [0.25, 0.3) is 0 Å². The van der Waals surface area contributed by atoms with Crippen molar-refractivity contribution in [3.8, 4) is 0 Å². The van der Waals surface area contributed by atoms with E-state index in [2.05, 4.69) is 35.1 Å². The number of carbonyl (C=O) groups is 1. The van der Waals surface area contributed by atoms with Crippen LogP contribution >= 0.6 is 0 Å². The molecule has 1 heterocycles. The molecule has 2 aliphatic rings. The fourth-order valence-electron chi connectivity index (χ4n) is 3.12. The zero-order chi connectivity index (χ0) is 16.7. The summed E-state index contributed by atoms with van der Waals surface area (Å²) in [7, 11) is 3.42. The van der Waals surface area contributed by atoms with Crippen molar-refractivity contribution in [2.75, 3.05) is 19.1 Å². The van der Waals surface area contributed by atoms with Crippen molar-refractivity contribution in [3.63, 3.8) is 0 Å². The second kappa shape index (κ2) is 5.93. The lowest BCUT2D eigenvalue weighted by atomic mass is 10.0. The van der Waals surface area contributed by atoms with Crippen molar-refractivity contribution < 1.29 is 9.53 Å². The highest BCUT2D eigenvalue weighted by Crippen LogP contribution is 2.46. The van der Waals surface area contributed by atoms with E-state index in [1.54, 1.807) is 12.3 Å². The molecule has 0 aliphatic heterocycles. The van der Waals surface area contributed by atoms with Gasteiger partial charge in [0, 0.05) is 12.7 Å². The number of aromatic nitrogens is 1. The monoisotopic (exact) mass is 322 g/mol. The van der Waals surface area contributed by atoms with Crippen LogP contribution in [0, 0.1) is 0 Å². The van der Waals surface area contributed by atoms with Crippen LogP contribution < -0.4 is 4.90 Å². The van der Waals surface area contributed by atoms with Gasteiger partial charge >= 0.3 is 5.97 Å². The molecule has 2 fully saturated rings. The van der Waals surface area contributed by atoms with Crippen molar-refractivity contribution in [2.24, 2.45) is 0 Å². The minimum absolute atomic E-state index is 0.333. The van der Waals surface area contributed by atoms with E-state index >= 15 is 0 Å². The summed E-state index contributed by atoms with van der Waals surface area (Å²) in [6.45, 7) is 0. The van der Waals surface area contributed by atoms with E-state index in [0.29, 0.717) is 5.69 Å². The molecule has 4 heteroatoms. The predicted molar refractivity (Wildman–Crippen MR) is 94.0 cm³/mol. The molecule has 2 saturated carbocycles. The molecular formula is C20H22N2O2. The third-order valence-corrected chi connectivity index (χ3v) is 4.98.